The molecule has 0 aromatic heterocycles. The van der Waals surface area contributed by atoms with Crippen molar-refractivity contribution in [2.24, 2.45) is 0 Å². The number of hydrogen-bond acceptors (Lipinski definition) is 2. The molecule has 16 heavy (non-hydrogen) atoms. The molecule has 0 saturated carbocycles. The largest absolute Gasteiger partial charge is 0.481 e. The van der Waals surface area contributed by atoms with Crippen LogP contribution in [0.3, 0.4) is 0 Å². The molecule has 1 aromatic carbocycles. The van der Waals surface area contributed by atoms with E-state index in [1.54, 1.807) is 6.92 Å². The van der Waals surface area contributed by atoms with E-state index in [0.29, 0.717) is 0 Å². The molecule has 3 nitrogen and oxygen atoms in total. The first kappa shape index (κ1) is 13.0. The van der Waals surface area contributed by atoms with Gasteiger partial charge in [-0.15, -0.1) is 0 Å². The van der Waals surface area contributed by atoms with Gasteiger partial charge in [-0.1, -0.05) is 28.1 Å². The second kappa shape index (κ2) is 6.53. The molecule has 0 radical (unpaired) electrons. The number of rotatable bonds is 6. The molecule has 0 aliphatic carbocycles. The SMILES string of the molecule is CC(C(=O)O)c1cccc(NCCCBr)c1. The van der Waals surface area contributed by atoms with Crippen LogP contribution in [0.5, 0.6) is 0 Å². The molecular formula is C12H16BrNO2. The van der Waals surface area contributed by atoms with Crippen LogP contribution in [-0.4, -0.2) is 23.0 Å². The average molecular weight is 286 g/mol. The maximum Gasteiger partial charge on any atom is 0.310 e. The van der Waals surface area contributed by atoms with Gasteiger partial charge in [-0.3, -0.25) is 4.79 Å². The van der Waals surface area contributed by atoms with E-state index < -0.39 is 11.9 Å². The molecular weight excluding hydrogens is 270 g/mol. The van der Waals surface area contributed by atoms with Gasteiger partial charge in [0.2, 0.25) is 0 Å². The van der Waals surface area contributed by atoms with E-state index in [4.69, 9.17) is 5.11 Å². The van der Waals surface area contributed by atoms with Crippen LogP contribution < -0.4 is 5.32 Å². The zero-order chi connectivity index (χ0) is 12.0. The van der Waals surface area contributed by atoms with Gasteiger partial charge in [0.15, 0.2) is 0 Å². The molecule has 0 heterocycles. The lowest BCUT2D eigenvalue weighted by atomic mass is 10.0. The third-order valence-corrected chi connectivity index (χ3v) is 2.96. The van der Waals surface area contributed by atoms with E-state index in [9.17, 15) is 4.79 Å². The predicted octanol–water partition coefficient (Wildman–Crippen LogP) is 3.07. The summed E-state index contributed by atoms with van der Waals surface area (Å²) in [7, 11) is 0. The van der Waals surface area contributed by atoms with E-state index >= 15 is 0 Å². The summed E-state index contributed by atoms with van der Waals surface area (Å²) in [6, 6.07) is 7.57. The minimum Gasteiger partial charge on any atom is -0.481 e. The van der Waals surface area contributed by atoms with Gasteiger partial charge in [0, 0.05) is 17.6 Å². The topological polar surface area (TPSA) is 49.3 Å². The van der Waals surface area contributed by atoms with Crippen LogP contribution in [0.2, 0.25) is 0 Å². The number of carbonyl (C=O) groups is 1. The Kier molecular flexibility index (Phi) is 5.32. The Bertz CT molecular complexity index is 355. The van der Waals surface area contributed by atoms with Crippen molar-refractivity contribution in [2.75, 3.05) is 17.2 Å². The van der Waals surface area contributed by atoms with Crippen LogP contribution in [0.4, 0.5) is 5.69 Å². The Morgan fingerprint density at radius 3 is 2.94 bits per heavy atom. The number of anilines is 1. The monoisotopic (exact) mass is 285 g/mol. The molecule has 0 spiro atoms. The first-order chi connectivity index (χ1) is 7.65. The molecule has 4 heteroatoms. The maximum atomic E-state index is 10.8. The number of hydrogen-bond donors (Lipinski definition) is 2. The molecule has 1 unspecified atom stereocenters. The van der Waals surface area contributed by atoms with Gasteiger partial charge in [0.25, 0.3) is 0 Å². The van der Waals surface area contributed by atoms with Gasteiger partial charge in [-0.05, 0) is 31.0 Å². The summed E-state index contributed by atoms with van der Waals surface area (Å²) < 4.78 is 0. The van der Waals surface area contributed by atoms with Crippen molar-refractivity contribution in [3.8, 4) is 0 Å². The highest BCUT2D eigenvalue weighted by Crippen LogP contribution is 2.19. The van der Waals surface area contributed by atoms with E-state index in [1.807, 2.05) is 24.3 Å². The Morgan fingerprint density at radius 1 is 1.56 bits per heavy atom. The molecule has 0 saturated heterocycles. The lowest BCUT2D eigenvalue weighted by molar-refractivity contribution is -0.138. The molecule has 1 rings (SSSR count). The number of alkyl halides is 1. The smallest absolute Gasteiger partial charge is 0.310 e. The van der Waals surface area contributed by atoms with Crippen molar-refractivity contribution >= 4 is 27.6 Å². The maximum absolute atomic E-state index is 10.8. The van der Waals surface area contributed by atoms with Gasteiger partial charge >= 0.3 is 5.97 Å². The Hall–Kier alpha value is -1.03. The van der Waals surface area contributed by atoms with Gasteiger partial charge < -0.3 is 10.4 Å². The lowest BCUT2D eigenvalue weighted by Crippen LogP contribution is -2.08. The van der Waals surface area contributed by atoms with Gasteiger partial charge in [-0.2, -0.15) is 0 Å². The first-order valence-corrected chi connectivity index (χ1v) is 6.40. The number of halogens is 1. The van der Waals surface area contributed by atoms with Crippen molar-refractivity contribution in [2.45, 2.75) is 19.3 Å². The van der Waals surface area contributed by atoms with Crippen molar-refractivity contribution < 1.29 is 9.90 Å². The highest BCUT2D eigenvalue weighted by Gasteiger charge is 2.13. The Morgan fingerprint density at radius 2 is 2.31 bits per heavy atom. The molecule has 0 fully saturated rings. The number of aliphatic carboxylic acids is 1. The Labute approximate surface area is 104 Å². The minimum atomic E-state index is -0.794. The number of benzene rings is 1. The van der Waals surface area contributed by atoms with E-state index in [-0.39, 0.29) is 0 Å². The van der Waals surface area contributed by atoms with Crippen LogP contribution >= 0.6 is 15.9 Å². The first-order valence-electron chi connectivity index (χ1n) is 5.27. The van der Waals surface area contributed by atoms with Gasteiger partial charge in [0.1, 0.15) is 0 Å². The van der Waals surface area contributed by atoms with E-state index in [2.05, 4.69) is 21.2 Å². The molecule has 0 amide bonds. The number of carboxylic acid groups (broad SMARTS) is 1. The van der Waals surface area contributed by atoms with Crippen molar-refractivity contribution in [1.29, 1.82) is 0 Å². The standard InChI is InChI=1S/C12H16BrNO2/c1-9(12(15)16)10-4-2-5-11(8-10)14-7-3-6-13/h2,4-5,8-9,14H,3,6-7H2,1H3,(H,15,16). The molecule has 0 aliphatic rings. The summed E-state index contributed by atoms with van der Waals surface area (Å²) in [5.74, 6) is -1.25. The highest BCUT2D eigenvalue weighted by molar-refractivity contribution is 9.09. The molecule has 0 aliphatic heterocycles. The fourth-order valence-electron chi connectivity index (χ4n) is 1.36. The normalized spacial score (nSPS) is 12.1. The van der Waals surface area contributed by atoms with Crippen LogP contribution in [0.15, 0.2) is 24.3 Å². The second-order valence-electron chi connectivity index (χ2n) is 3.65. The van der Waals surface area contributed by atoms with E-state index in [0.717, 1.165) is 29.5 Å². The van der Waals surface area contributed by atoms with Crippen LogP contribution in [-0.2, 0) is 4.79 Å². The molecule has 0 bridgehead atoms. The summed E-state index contributed by atoms with van der Waals surface area (Å²) >= 11 is 3.36. The minimum absolute atomic E-state index is 0.460. The van der Waals surface area contributed by atoms with Crippen molar-refractivity contribution in [3.05, 3.63) is 29.8 Å². The predicted molar refractivity (Wildman–Crippen MR) is 69.4 cm³/mol. The van der Waals surface area contributed by atoms with Crippen molar-refractivity contribution in [3.63, 3.8) is 0 Å². The van der Waals surface area contributed by atoms with Crippen LogP contribution in [0.25, 0.3) is 0 Å². The number of nitrogens with one attached hydrogen (secondary N) is 1. The fourth-order valence-corrected chi connectivity index (χ4v) is 1.64. The molecule has 88 valence electrons. The zero-order valence-corrected chi connectivity index (χ0v) is 10.8. The Balaban J connectivity index is 2.67. The second-order valence-corrected chi connectivity index (χ2v) is 4.45. The summed E-state index contributed by atoms with van der Waals surface area (Å²) in [5, 5.41) is 13.1. The van der Waals surface area contributed by atoms with Crippen molar-refractivity contribution in [1.82, 2.24) is 0 Å². The average Bonchev–Trinajstić information content (AvgIpc) is 2.29. The molecule has 2 N–H and O–H groups in total. The lowest BCUT2D eigenvalue weighted by Gasteiger charge is -2.10. The summed E-state index contributed by atoms with van der Waals surface area (Å²) in [4.78, 5) is 10.8. The summed E-state index contributed by atoms with van der Waals surface area (Å²) in [6.45, 7) is 2.58. The van der Waals surface area contributed by atoms with Gasteiger partial charge in [-0.25, -0.2) is 0 Å². The fraction of sp³-hybridized carbons (Fsp3) is 0.417. The third-order valence-electron chi connectivity index (χ3n) is 2.40. The zero-order valence-electron chi connectivity index (χ0n) is 9.24. The highest BCUT2D eigenvalue weighted by atomic mass is 79.9. The third kappa shape index (κ3) is 3.85. The number of carboxylic acids is 1. The van der Waals surface area contributed by atoms with Crippen LogP contribution in [0, 0.1) is 0 Å². The van der Waals surface area contributed by atoms with Crippen LogP contribution in [0.1, 0.15) is 24.8 Å². The van der Waals surface area contributed by atoms with E-state index in [1.165, 1.54) is 0 Å². The molecule has 1 aromatic rings. The summed E-state index contributed by atoms with van der Waals surface area (Å²) in [5.41, 5.74) is 1.81. The van der Waals surface area contributed by atoms with Gasteiger partial charge in [0.05, 0.1) is 5.92 Å². The summed E-state index contributed by atoms with van der Waals surface area (Å²) in [6.07, 6.45) is 1.04. The molecule has 1 atom stereocenters. The quantitative estimate of drug-likeness (QED) is 0.624.